The zero-order chi connectivity index (χ0) is 12.8. The molecular weight excluding hydrogens is 220 g/mol. The Bertz CT molecular complexity index is 583. The molecule has 1 heteroatoms. The van der Waals surface area contributed by atoms with Crippen molar-refractivity contribution in [3.05, 3.63) is 72.3 Å². The third kappa shape index (κ3) is 3.02. The van der Waals surface area contributed by atoms with E-state index in [9.17, 15) is 0 Å². The molecular formula is C17H14O. The van der Waals surface area contributed by atoms with Gasteiger partial charge in [-0.25, -0.2) is 0 Å². The lowest BCUT2D eigenvalue weighted by molar-refractivity contribution is 0.415. The van der Waals surface area contributed by atoms with Crippen LogP contribution < -0.4 is 4.74 Å². The van der Waals surface area contributed by atoms with Gasteiger partial charge in [0, 0.05) is 11.1 Å². The molecule has 2 aromatic rings. The lowest BCUT2D eigenvalue weighted by Crippen LogP contribution is -1.84. The predicted molar refractivity (Wildman–Crippen MR) is 75.3 cm³/mol. The Balaban J connectivity index is 2.15. The SMILES string of the molecule is C=C(C#Cc1ccccc1)c1ccc(OC)cc1. The normalized spacial score (nSPS) is 9.17. The maximum Gasteiger partial charge on any atom is 0.118 e. The standard InChI is InChI=1S/C17H14O/c1-14(8-9-15-6-4-3-5-7-15)16-10-12-17(18-2)13-11-16/h3-7,10-13H,1H2,2H3. The molecule has 0 radical (unpaired) electrons. The molecule has 0 aliphatic carbocycles. The van der Waals surface area contributed by atoms with E-state index in [0.717, 1.165) is 22.4 Å². The smallest absolute Gasteiger partial charge is 0.118 e. The first-order chi connectivity index (χ1) is 8.79. The van der Waals surface area contributed by atoms with E-state index >= 15 is 0 Å². The highest BCUT2D eigenvalue weighted by Crippen LogP contribution is 2.16. The van der Waals surface area contributed by atoms with Gasteiger partial charge in [-0.05, 0) is 29.8 Å². The number of allylic oxidation sites excluding steroid dienone is 1. The van der Waals surface area contributed by atoms with Crippen molar-refractivity contribution in [3.8, 4) is 17.6 Å². The first-order valence-corrected chi connectivity index (χ1v) is 5.70. The van der Waals surface area contributed by atoms with Crippen LogP contribution in [0.4, 0.5) is 0 Å². The molecule has 2 aromatic carbocycles. The second-order valence-corrected chi connectivity index (χ2v) is 3.82. The zero-order valence-electron chi connectivity index (χ0n) is 10.3. The molecule has 0 atom stereocenters. The molecule has 0 fully saturated rings. The first-order valence-electron chi connectivity index (χ1n) is 5.70. The average molecular weight is 234 g/mol. The minimum absolute atomic E-state index is 0.807. The monoisotopic (exact) mass is 234 g/mol. The summed E-state index contributed by atoms with van der Waals surface area (Å²) in [6.45, 7) is 3.98. The Morgan fingerprint density at radius 1 is 1.00 bits per heavy atom. The Kier molecular flexibility index (Phi) is 3.83. The average Bonchev–Trinajstić information content (AvgIpc) is 2.46. The van der Waals surface area contributed by atoms with Crippen molar-refractivity contribution in [2.45, 2.75) is 0 Å². The largest absolute Gasteiger partial charge is 0.497 e. The van der Waals surface area contributed by atoms with Gasteiger partial charge in [0.1, 0.15) is 5.75 Å². The molecule has 0 saturated heterocycles. The molecule has 2 rings (SSSR count). The number of hydrogen-bond donors (Lipinski definition) is 0. The number of hydrogen-bond acceptors (Lipinski definition) is 1. The van der Waals surface area contributed by atoms with Gasteiger partial charge >= 0.3 is 0 Å². The van der Waals surface area contributed by atoms with Crippen LogP contribution in [0.15, 0.2) is 61.2 Å². The van der Waals surface area contributed by atoms with Crippen LogP contribution in [0.1, 0.15) is 11.1 Å². The van der Waals surface area contributed by atoms with Crippen LogP contribution in [-0.2, 0) is 0 Å². The van der Waals surface area contributed by atoms with E-state index in [1.165, 1.54) is 0 Å². The Labute approximate surface area is 108 Å². The molecule has 0 amide bonds. The van der Waals surface area contributed by atoms with Crippen molar-refractivity contribution in [2.24, 2.45) is 0 Å². The van der Waals surface area contributed by atoms with Crippen LogP contribution in [0, 0.1) is 11.8 Å². The first kappa shape index (κ1) is 12.0. The molecule has 0 unspecified atom stereocenters. The van der Waals surface area contributed by atoms with E-state index in [2.05, 4.69) is 18.4 Å². The number of rotatable bonds is 2. The minimum Gasteiger partial charge on any atom is -0.497 e. The fourth-order valence-corrected chi connectivity index (χ4v) is 1.53. The number of ether oxygens (including phenoxy) is 1. The van der Waals surface area contributed by atoms with Crippen LogP contribution in [0.3, 0.4) is 0 Å². The third-order valence-corrected chi connectivity index (χ3v) is 2.57. The highest BCUT2D eigenvalue weighted by Gasteiger charge is 1.96. The van der Waals surface area contributed by atoms with E-state index in [1.54, 1.807) is 7.11 Å². The van der Waals surface area contributed by atoms with Crippen molar-refractivity contribution < 1.29 is 4.74 Å². The van der Waals surface area contributed by atoms with E-state index < -0.39 is 0 Å². The highest BCUT2D eigenvalue weighted by molar-refractivity contribution is 5.78. The molecule has 0 saturated carbocycles. The maximum absolute atomic E-state index is 5.11. The zero-order valence-corrected chi connectivity index (χ0v) is 10.3. The van der Waals surface area contributed by atoms with E-state index in [-0.39, 0.29) is 0 Å². The summed E-state index contributed by atoms with van der Waals surface area (Å²) in [5.41, 5.74) is 2.81. The fourth-order valence-electron chi connectivity index (χ4n) is 1.53. The molecule has 0 aromatic heterocycles. The number of benzene rings is 2. The van der Waals surface area contributed by atoms with Gasteiger partial charge in [-0.2, -0.15) is 0 Å². The van der Waals surface area contributed by atoms with Crippen molar-refractivity contribution in [1.29, 1.82) is 0 Å². The topological polar surface area (TPSA) is 9.23 Å². The van der Waals surface area contributed by atoms with Crippen molar-refractivity contribution in [3.63, 3.8) is 0 Å². The van der Waals surface area contributed by atoms with Crippen molar-refractivity contribution in [2.75, 3.05) is 7.11 Å². The minimum atomic E-state index is 0.807. The maximum atomic E-state index is 5.11. The molecule has 0 aliphatic rings. The van der Waals surface area contributed by atoms with Gasteiger partial charge in [0.2, 0.25) is 0 Å². The van der Waals surface area contributed by atoms with Crippen LogP contribution >= 0.6 is 0 Å². The van der Waals surface area contributed by atoms with Gasteiger partial charge in [0.15, 0.2) is 0 Å². The van der Waals surface area contributed by atoms with Crippen LogP contribution in [0.5, 0.6) is 5.75 Å². The van der Waals surface area contributed by atoms with Crippen LogP contribution in [-0.4, -0.2) is 7.11 Å². The molecule has 1 nitrogen and oxygen atoms in total. The summed E-state index contributed by atoms with van der Waals surface area (Å²) in [5.74, 6) is 6.99. The molecule has 0 spiro atoms. The van der Waals surface area contributed by atoms with E-state index in [0.29, 0.717) is 0 Å². The summed E-state index contributed by atoms with van der Waals surface area (Å²) < 4.78 is 5.11. The fraction of sp³-hybridized carbons (Fsp3) is 0.0588. The van der Waals surface area contributed by atoms with E-state index in [4.69, 9.17) is 4.74 Å². The van der Waals surface area contributed by atoms with E-state index in [1.807, 2.05) is 54.6 Å². The lowest BCUT2D eigenvalue weighted by Gasteiger charge is -2.01. The summed E-state index contributed by atoms with van der Waals surface area (Å²) in [6.07, 6.45) is 0. The molecule has 0 aliphatic heterocycles. The Morgan fingerprint density at radius 3 is 2.28 bits per heavy atom. The van der Waals surface area contributed by atoms with Crippen LogP contribution in [0.25, 0.3) is 5.57 Å². The van der Waals surface area contributed by atoms with Crippen molar-refractivity contribution in [1.82, 2.24) is 0 Å². The summed E-state index contributed by atoms with van der Waals surface area (Å²) in [7, 11) is 1.65. The summed E-state index contributed by atoms with van der Waals surface area (Å²) in [6, 6.07) is 17.6. The quantitative estimate of drug-likeness (QED) is 0.719. The second kappa shape index (κ2) is 5.75. The van der Waals surface area contributed by atoms with Crippen LogP contribution in [0.2, 0.25) is 0 Å². The molecule has 88 valence electrons. The lowest BCUT2D eigenvalue weighted by atomic mass is 10.1. The molecule has 0 N–H and O–H groups in total. The molecule has 0 heterocycles. The number of methoxy groups -OCH3 is 1. The second-order valence-electron chi connectivity index (χ2n) is 3.82. The Morgan fingerprint density at radius 2 is 1.67 bits per heavy atom. The highest BCUT2D eigenvalue weighted by atomic mass is 16.5. The van der Waals surface area contributed by atoms with Gasteiger partial charge in [0.05, 0.1) is 7.11 Å². The van der Waals surface area contributed by atoms with Gasteiger partial charge < -0.3 is 4.74 Å². The third-order valence-electron chi connectivity index (χ3n) is 2.57. The Hall–Kier alpha value is -2.46. The molecule has 0 bridgehead atoms. The van der Waals surface area contributed by atoms with Gasteiger partial charge in [0.25, 0.3) is 0 Å². The van der Waals surface area contributed by atoms with Gasteiger partial charge in [-0.1, -0.05) is 48.8 Å². The van der Waals surface area contributed by atoms with Gasteiger partial charge in [-0.3, -0.25) is 0 Å². The summed E-state index contributed by atoms with van der Waals surface area (Å²) in [5, 5.41) is 0. The predicted octanol–water partition coefficient (Wildman–Crippen LogP) is 3.76. The summed E-state index contributed by atoms with van der Waals surface area (Å²) in [4.78, 5) is 0. The van der Waals surface area contributed by atoms with Crippen molar-refractivity contribution >= 4 is 5.57 Å². The molecule has 18 heavy (non-hydrogen) atoms. The van der Waals surface area contributed by atoms with Gasteiger partial charge in [-0.15, -0.1) is 0 Å². The summed E-state index contributed by atoms with van der Waals surface area (Å²) >= 11 is 0.